The minimum Gasteiger partial charge on any atom is -0.328 e. The summed E-state index contributed by atoms with van der Waals surface area (Å²) >= 11 is 0. The van der Waals surface area contributed by atoms with Crippen molar-refractivity contribution in [1.82, 2.24) is 4.98 Å². The molecule has 0 unspecified atom stereocenters. The zero-order valence-corrected chi connectivity index (χ0v) is 9.06. The molecule has 17 heavy (non-hydrogen) atoms. The standard InChI is InChI=1S/C12H10F3NO/c1-2-7-6-16-11(17)9-4-3-8(5-10(7)9)12(13,14)15/h3-6H,2H2,1H3,(H,16,17). The summed E-state index contributed by atoms with van der Waals surface area (Å²) in [4.78, 5) is 14.0. The van der Waals surface area contributed by atoms with Crippen molar-refractivity contribution >= 4 is 10.8 Å². The van der Waals surface area contributed by atoms with Gasteiger partial charge in [0, 0.05) is 11.6 Å². The first-order chi connectivity index (χ1) is 7.93. The number of fused-ring (bicyclic) bond motifs is 1. The Hall–Kier alpha value is -1.78. The van der Waals surface area contributed by atoms with Crippen LogP contribution in [-0.4, -0.2) is 4.98 Å². The van der Waals surface area contributed by atoms with Crippen molar-refractivity contribution < 1.29 is 13.2 Å². The van der Waals surface area contributed by atoms with Crippen molar-refractivity contribution in [2.24, 2.45) is 0 Å². The number of H-pyrrole nitrogens is 1. The molecular formula is C12H10F3NO. The van der Waals surface area contributed by atoms with E-state index in [9.17, 15) is 18.0 Å². The molecule has 0 saturated heterocycles. The van der Waals surface area contributed by atoms with E-state index in [2.05, 4.69) is 4.98 Å². The van der Waals surface area contributed by atoms with Gasteiger partial charge in [0.1, 0.15) is 0 Å². The highest BCUT2D eigenvalue weighted by Crippen LogP contribution is 2.31. The molecule has 90 valence electrons. The molecule has 0 aliphatic heterocycles. The minimum absolute atomic E-state index is 0.289. The third kappa shape index (κ3) is 2.05. The highest BCUT2D eigenvalue weighted by atomic mass is 19.4. The average Bonchev–Trinajstić information content (AvgIpc) is 2.28. The van der Waals surface area contributed by atoms with E-state index in [4.69, 9.17) is 0 Å². The lowest BCUT2D eigenvalue weighted by atomic mass is 10.0. The third-order valence-corrected chi connectivity index (χ3v) is 2.70. The number of aryl methyl sites for hydroxylation is 1. The van der Waals surface area contributed by atoms with Crippen LogP contribution in [0.25, 0.3) is 10.8 Å². The molecule has 1 N–H and O–H groups in total. The number of aromatic amines is 1. The second-order valence-corrected chi connectivity index (χ2v) is 3.75. The van der Waals surface area contributed by atoms with Gasteiger partial charge in [0.05, 0.1) is 5.56 Å². The molecule has 0 atom stereocenters. The van der Waals surface area contributed by atoms with E-state index < -0.39 is 11.7 Å². The van der Waals surface area contributed by atoms with Crippen molar-refractivity contribution in [2.45, 2.75) is 19.5 Å². The van der Waals surface area contributed by atoms with Crippen LogP contribution in [-0.2, 0) is 12.6 Å². The lowest BCUT2D eigenvalue weighted by molar-refractivity contribution is -0.137. The van der Waals surface area contributed by atoms with Crippen LogP contribution in [0.2, 0.25) is 0 Å². The molecular weight excluding hydrogens is 231 g/mol. The molecule has 2 aromatic rings. The molecule has 0 spiro atoms. The molecule has 0 saturated carbocycles. The summed E-state index contributed by atoms with van der Waals surface area (Å²) in [5.41, 5.74) is -0.401. The summed E-state index contributed by atoms with van der Waals surface area (Å²) in [5, 5.41) is 0.656. The largest absolute Gasteiger partial charge is 0.416 e. The summed E-state index contributed by atoms with van der Waals surface area (Å²) in [6.45, 7) is 1.83. The molecule has 1 heterocycles. The maximum absolute atomic E-state index is 12.6. The monoisotopic (exact) mass is 241 g/mol. The normalized spacial score (nSPS) is 12.0. The van der Waals surface area contributed by atoms with Crippen LogP contribution in [0.1, 0.15) is 18.1 Å². The second kappa shape index (κ2) is 3.91. The van der Waals surface area contributed by atoms with Crippen molar-refractivity contribution in [3.05, 3.63) is 45.9 Å². The number of benzene rings is 1. The van der Waals surface area contributed by atoms with Crippen LogP contribution in [0.3, 0.4) is 0 Å². The second-order valence-electron chi connectivity index (χ2n) is 3.75. The van der Waals surface area contributed by atoms with E-state index in [1.54, 1.807) is 0 Å². The van der Waals surface area contributed by atoms with Gasteiger partial charge in [-0.05, 0) is 35.6 Å². The fourth-order valence-corrected chi connectivity index (χ4v) is 1.78. The molecule has 0 radical (unpaired) electrons. The molecule has 2 rings (SSSR count). The Morgan fingerprint density at radius 2 is 1.94 bits per heavy atom. The van der Waals surface area contributed by atoms with Crippen LogP contribution in [0.5, 0.6) is 0 Å². The van der Waals surface area contributed by atoms with Gasteiger partial charge in [-0.1, -0.05) is 6.92 Å². The Morgan fingerprint density at radius 1 is 1.24 bits per heavy atom. The smallest absolute Gasteiger partial charge is 0.328 e. The predicted molar refractivity (Wildman–Crippen MR) is 58.9 cm³/mol. The predicted octanol–water partition coefficient (Wildman–Crippen LogP) is 3.11. The Bertz CT molecular complexity index is 613. The quantitative estimate of drug-likeness (QED) is 0.817. The van der Waals surface area contributed by atoms with E-state index in [-0.39, 0.29) is 10.9 Å². The van der Waals surface area contributed by atoms with Crippen LogP contribution in [0.15, 0.2) is 29.2 Å². The van der Waals surface area contributed by atoms with Gasteiger partial charge in [0.2, 0.25) is 0 Å². The van der Waals surface area contributed by atoms with Gasteiger partial charge in [0.15, 0.2) is 0 Å². The summed E-state index contributed by atoms with van der Waals surface area (Å²) in [7, 11) is 0. The third-order valence-electron chi connectivity index (χ3n) is 2.70. The summed E-state index contributed by atoms with van der Waals surface area (Å²) in [6, 6.07) is 3.18. The van der Waals surface area contributed by atoms with E-state index in [1.807, 2.05) is 6.92 Å². The molecule has 0 aliphatic rings. The van der Waals surface area contributed by atoms with Gasteiger partial charge in [-0.25, -0.2) is 0 Å². The topological polar surface area (TPSA) is 32.9 Å². The molecule has 5 heteroatoms. The Labute approximate surface area is 95.1 Å². The van der Waals surface area contributed by atoms with Gasteiger partial charge in [-0.2, -0.15) is 13.2 Å². The summed E-state index contributed by atoms with van der Waals surface area (Å²) < 4.78 is 37.7. The number of pyridine rings is 1. The Kier molecular flexibility index (Phi) is 2.69. The Morgan fingerprint density at radius 3 is 2.53 bits per heavy atom. The fourth-order valence-electron chi connectivity index (χ4n) is 1.78. The fraction of sp³-hybridized carbons (Fsp3) is 0.250. The van der Waals surface area contributed by atoms with Gasteiger partial charge in [-0.15, -0.1) is 0 Å². The molecule has 0 amide bonds. The van der Waals surface area contributed by atoms with E-state index in [0.717, 1.165) is 12.1 Å². The minimum atomic E-state index is -4.39. The lowest BCUT2D eigenvalue weighted by Gasteiger charge is -2.09. The molecule has 1 aromatic heterocycles. The first-order valence-corrected chi connectivity index (χ1v) is 5.15. The number of nitrogens with one attached hydrogen (secondary N) is 1. The molecule has 0 bridgehead atoms. The molecule has 2 nitrogen and oxygen atoms in total. The highest BCUT2D eigenvalue weighted by Gasteiger charge is 2.30. The first-order valence-electron chi connectivity index (χ1n) is 5.15. The lowest BCUT2D eigenvalue weighted by Crippen LogP contribution is -2.10. The number of alkyl halides is 3. The van der Waals surface area contributed by atoms with Crippen LogP contribution in [0.4, 0.5) is 13.2 Å². The van der Waals surface area contributed by atoms with Gasteiger partial charge >= 0.3 is 6.18 Å². The zero-order chi connectivity index (χ0) is 12.6. The van der Waals surface area contributed by atoms with E-state index >= 15 is 0 Å². The number of halogens is 3. The van der Waals surface area contributed by atoms with E-state index in [0.29, 0.717) is 17.4 Å². The SMILES string of the molecule is CCc1c[nH]c(=O)c2ccc(C(F)(F)F)cc12. The number of aromatic nitrogens is 1. The van der Waals surface area contributed by atoms with Gasteiger partial charge < -0.3 is 4.98 Å². The Balaban J connectivity index is 2.80. The number of rotatable bonds is 1. The van der Waals surface area contributed by atoms with Crippen LogP contribution in [0, 0.1) is 0 Å². The van der Waals surface area contributed by atoms with E-state index in [1.165, 1.54) is 12.3 Å². The zero-order valence-electron chi connectivity index (χ0n) is 9.06. The maximum atomic E-state index is 12.6. The van der Waals surface area contributed by atoms with Crippen molar-refractivity contribution in [2.75, 3.05) is 0 Å². The van der Waals surface area contributed by atoms with Gasteiger partial charge in [-0.3, -0.25) is 4.79 Å². The highest BCUT2D eigenvalue weighted by molar-refractivity contribution is 5.85. The van der Waals surface area contributed by atoms with Crippen molar-refractivity contribution in [3.8, 4) is 0 Å². The summed E-state index contributed by atoms with van der Waals surface area (Å²) in [5.74, 6) is 0. The van der Waals surface area contributed by atoms with Crippen molar-refractivity contribution in [1.29, 1.82) is 0 Å². The number of hydrogen-bond donors (Lipinski definition) is 1. The van der Waals surface area contributed by atoms with Gasteiger partial charge in [0.25, 0.3) is 5.56 Å². The van der Waals surface area contributed by atoms with Crippen molar-refractivity contribution in [3.63, 3.8) is 0 Å². The maximum Gasteiger partial charge on any atom is 0.416 e. The van der Waals surface area contributed by atoms with Crippen LogP contribution < -0.4 is 5.56 Å². The van der Waals surface area contributed by atoms with Crippen LogP contribution >= 0.6 is 0 Å². The molecule has 0 fully saturated rings. The first kappa shape index (κ1) is 11.7. The summed E-state index contributed by atoms with van der Waals surface area (Å²) in [6.07, 6.45) is -2.36. The number of hydrogen-bond acceptors (Lipinski definition) is 1. The molecule has 1 aromatic carbocycles. The average molecular weight is 241 g/mol. The molecule has 0 aliphatic carbocycles.